The molecule has 2 aromatic carbocycles. The van der Waals surface area contributed by atoms with Crippen molar-refractivity contribution in [1.29, 1.82) is 0 Å². The lowest BCUT2D eigenvalue weighted by atomic mass is 9.82. The van der Waals surface area contributed by atoms with E-state index >= 15 is 0 Å². The Bertz CT molecular complexity index is 713. The van der Waals surface area contributed by atoms with Crippen LogP contribution in [0.2, 0.25) is 0 Å². The highest BCUT2D eigenvalue weighted by Crippen LogP contribution is 2.31. The number of aryl methyl sites for hydroxylation is 1. The molecule has 0 bridgehead atoms. The summed E-state index contributed by atoms with van der Waals surface area (Å²) in [6.07, 6.45) is 2.98. The zero-order chi connectivity index (χ0) is 16.8. The average Bonchev–Trinajstić information content (AvgIpc) is 2.65. The van der Waals surface area contributed by atoms with Crippen molar-refractivity contribution in [1.82, 2.24) is 10.6 Å². The highest BCUT2D eigenvalue weighted by Gasteiger charge is 2.25. The fourth-order valence-electron chi connectivity index (χ4n) is 3.20. The van der Waals surface area contributed by atoms with E-state index in [0.29, 0.717) is 18.7 Å². The first-order chi connectivity index (χ1) is 11.8. The van der Waals surface area contributed by atoms with Crippen molar-refractivity contribution in [3.8, 4) is 0 Å². The zero-order valence-electron chi connectivity index (χ0n) is 13.6. The van der Waals surface area contributed by atoms with Gasteiger partial charge in [0.05, 0.1) is 5.92 Å². The zero-order valence-corrected chi connectivity index (χ0v) is 13.6. The van der Waals surface area contributed by atoms with Crippen molar-refractivity contribution in [2.75, 3.05) is 13.1 Å². The summed E-state index contributed by atoms with van der Waals surface area (Å²) in [6.45, 7) is 0.865. The maximum atomic E-state index is 12.5. The molecule has 0 saturated carbocycles. The standard InChI is InChI=1S/C20H22N2O2/c23-19(16-8-2-1-3-9-16)21-13-14-22-20(24)18-12-6-10-15-7-4-5-11-17(15)18/h1-5,7-9,11,18H,6,10,12-14H2,(H,21,23)(H,22,24). The van der Waals surface area contributed by atoms with Gasteiger partial charge in [0, 0.05) is 18.7 Å². The lowest BCUT2D eigenvalue weighted by molar-refractivity contribution is -0.122. The molecule has 2 amide bonds. The second-order valence-electron chi connectivity index (χ2n) is 6.06. The molecule has 0 spiro atoms. The van der Waals surface area contributed by atoms with Gasteiger partial charge < -0.3 is 10.6 Å². The third-order valence-electron chi connectivity index (χ3n) is 4.43. The Labute approximate surface area is 142 Å². The first kappa shape index (κ1) is 16.2. The number of fused-ring (bicyclic) bond motifs is 1. The van der Waals surface area contributed by atoms with Crippen molar-refractivity contribution in [3.63, 3.8) is 0 Å². The van der Waals surface area contributed by atoms with E-state index in [1.165, 1.54) is 5.56 Å². The van der Waals surface area contributed by atoms with Crippen LogP contribution in [0.1, 0.15) is 40.2 Å². The molecule has 2 aromatic rings. The molecule has 0 heterocycles. The first-order valence-electron chi connectivity index (χ1n) is 8.44. The minimum atomic E-state index is -0.118. The monoisotopic (exact) mass is 322 g/mol. The number of nitrogens with one attached hydrogen (secondary N) is 2. The summed E-state index contributed by atoms with van der Waals surface area (Å²) in [4.78, 5) is 24.4. The lowest BCUT2D eigenvalue weighted by Crippen LogP contribution is -2.37. The molecule has 2 N–H and O–H groups in total. The summed E-state index contributed by atoms with van der Waals surface area (Å²) in [7, 11) is 0. The number of hydrogen-bond donors (Lipinski definition) is 2. The largest absolute Gasteiger partial charge is 0.354 e. The minimum absolute atomic E-state index is 0.0520. The van der Waals surface area contributed by atoms with E-state index < -0.39 is 0 Å². The van der Waals surface area contributed by atoms with Gasteiger partial charge in [0.25, 0.3) is 5.91 Å². The van der Waals surface area contributed by atoms with Gasteiger partial charge in [-0.15, -0.1) is 0 Å². The van der Waals surface area contributed by atoms with E-state index in [9.17, 15) is 9.59 Å². The summed E-state index contributed by atoms with van der Waals surface area (Å²) >= 11 is 0. The van der Waals surface area contributed by atoms with Crippen molar-refractivity contribution in [2.24, 2.45) is 0 Å². The highest BCUT2D eigenvalue weighted by atomic mass is 16.2. The molecule has 0 saturated heterocycles. The van der Waals surface area contributed by atoms with Crippen molar-refractivity contribution >= 4 is 11.8 Å². The van der Waals surface area contributed by atoms with Gasteiger partial charge in [-0.05, 0) is 42.5 Å². The molecule has 3 rings (SSSR count). The summed E-state index contributed by atoms with van der Waals surface area (Å²) in [5.41, 5.74) is 3.06. The van der Waals surface area contributed by atoms with Gasteiger partial charge in [0.2, 0.25) is 5.91 Å². The van der Waals surface area contributed by atoms with Crippen LogP contribution in [-0.4, -0.2) is 24.9 Å². The molecule has 124 valence electrons. The molecule has 0 aliphatic heterocycles. The molecule has 1 unspecified atom stereocenters. The molecule has 1 aliphatic rings. The topological polar surface area (TPSA) is 58.2 Å². The van der Waals surface area contributed by atoms with Gasteiger partial charge in [0.1, 0.15) is 0 Å². The number of benzene rings is 2. The second-order valence-corrected chi connectivity index (χ2v) is 6.06. The van der Waals surface area contributed by atoms with Crippen LogP contribution in [0.5, 0.6) is 0 Å². The fraction of sp³-hybridized carbons (Fsp3) is 0.300. The Hall–Kier alpha value is -2.62. The lowest BCUT2D eigenvalue weighted by Gasteiger charge is -2.24. The SMILES string of the molecule is O=C(NCCNC(=O)C1CCCc2ccccc21)c1ccccc1. The third kappa shape index (κ3) is 3.82. The summed E-state index contributed by atoms with van der Waals surface area (Å²) in [6, 6.07) is 17.3. The maximum Gasteiger partial charge on any atom is 0.251 e. The molecule has 0 fully saturated rings. The van der Waals surface area contributed by atoms with E-state index in [1.807, 2.05) is 30.3 Å². The van der Waals surface area contributed by atoms with Crippen molar-refractivity contribution < 1.29 is 9.59 Å². The Balaban J connectivity index is 1.48. The summed E-state index contributed by atoms with van der Waals surface area (Å²) < 4.78 is 0. The van der Waals surface area contributed by atoms with Crippen molar-refractivity contribution in [3.05, 3.63) is 71.3 Å². The van der Waals surface area contributed by atoms with Gasteiger partial charge in [-0.2, -0.15) is 0 Å². The third-order valence-corrected chi connectivity index (χ3v) is 4.43. The molecule has 0 aromatic heterocycles. The van der Waals surface area contributed by atoms with Crippen LogP contribution in [-0.2, 0) is 11.2 Å². The van der Waals surface area contributed by atoms with Gasteiger partial charge in [-0.25, -0.2) is 0 Å². The first-order valence-corrected chi connectivity index (χ1v) is 8.44. The molecular formula is C20H22N2O2. The average molecular weight is 322 g/mol. The van der Waals surface area contributed by atoms with Gasteiger partial charge in [-0.1, -0.05) is 42.5 Å². The second kappa shape index (κ2) is 7.77. The predicted molar refractivity (Wildman–Crippen MR) is 93.9 cm³/mol. The van der Waals surface area contributed by atoms with E-state index in [2.05, 4.69) is 22.8 Å². The maximum absolute atomic E-state index is 12.5. The smallest absolute Gasteiger partial charge is 0.251 e. The number of hydrogen-bond acceptors (Lipinski definition) is 2. The highest BCUT2D eigenvalue weighted by molar-refractivity contribution is 5.94. The Kier molecular flexibility index (Phi) is 5.26. The fourth-order valence-corrected chi connectivity index (χ4v) is 3.20. The molecular weight excluding hydrogens is 300 g/mol. The minimum Gasteiger partial charge on any atom is -0.354 e. The molecule has 1 aliphatic carbocycles. The van der Waals surface area contributed by atoms with E-state index in [1.54, 1.807) is 12.1 Å². The van der Waals surface area contributed by atoms with E-state index in [0.717, 1.165) is 24.8 Å². The Morgan fingerprint density at radius 1 is 0.917 bits per heavy atom. The predicted octanol–water partition coefficient (Wildman–Crippen LogP) is 2.65. The van der Waals surface area contributed by atoms with Crippen LogP contribution >= 0.6 is 0 Å². The molecule has 4 nitrogen and oxygen atoms in total. The van der Waals surface area contributed by atoms with Crippen LogP contribution < -0.4 is 10.6 Å². The van der Waals surface area contributed by atoms with E-state index in [-0.39, 0.29) is 17.7 Å². The quantitative estimate of drug-likeness (QED) is 0.832. The molecule has 1 atom stereocenters. The van der Waals surface area contributed by atoms with Crippen LogP contribution in [0.25, 0.3) is 0 Å². The Morgan fingerprint density at radius 3 is 2.46 bits per heavy atom. The molecule has 0 radical (unpaired) electrons. The van der Waals surface area contributed by atoms with Crippen LogP contribution in [0.15, 0.2) is 54.6 Å². The van der Waals surface area contributed by atoms with Crippen LogP contribution in [0.3, 0.4) is 0 Å². The number of carbonyl (C=O) groups excluding carboxylic acids is 2. The molecule has 4 heteroatoms. The van der Waals surface area contributed by atoms with Gasteiger partial charge in [-0.3, -0.25) is 9.59 Å². The number of carbonyl (C=O) groups is 2. The number of rotatable bonds is 5. The van der Waals surface area contributed by atoms with Gasteiger partial charge >= 0.3 is 0 Å². The summed E-state index contributed by atoms with van der Waals surface area (Å²) in [5.74, 6) is -0.135. The summed E-state index contributed by atoms with van der Waals surface area (Å²) in [5, 5.41) is 5.77. The number of amides is 2. The van der Waals surface area contributed by atoms with Crippen LogP contribution in [0, 0.1) is 0 Å². The van der Waals surface area contributed by atoms with Crippen molar-refractivity contribution in [2.45, 2.75) is 25.2 Å². The molecule has 24 heavy (non-hydrogen) atoms. The van der Waals surface area contributed by atoms with E-state index in [4.69, 9.17) is 0 Å². The Morgan fingerprint density at radius 2 is 1.62 bits per heavy atom. The normalized spacial score (nSPS) is 16.1. The van der Waals surface area contributed by atoms with Gasteiger partial charge in [0.15, 0.2) is 0 Å². The van der Waals surface area contributed by atoms with Crippen LogP contribution in [0.4, 0.5) is 0 Å².